The summed E-state index contributed by atoms with van der Waals surface area (Å²) in [5, 5.41) is 3.99. The predicted molar refractivity (Wildman–Crippen MR) is 245 cm³/mol. The first-order valence-electron chi connectivity index (χ1n) is 20.9. The number of aryl methyl sites for hydroxylation is 1. The predicted octanol–water partition coefficient (Wildman–Crippen LogP) is 9.19. The summed E-state index contributed by atoms with van der Waals surface area (Å²) in [7, 11) is -12.2. The van der Waals surface area contributed by atoms with Crippen LogP contribution in [0.1, 0.15) is 59.1 Å². The number of pyridine rings is 3. The molecule has 3 aromatic heterocycles. The van der Waals surface area contributed by atoms with Gasteiger partial charge in [-0.25, -0.2) is 21.4 Å². The maximum Gasteiger partial charge on any atom is 0.485 e. The average Bonchev–Trinajstić information content (AvgIpc) is 3.62. The van der Waals surface area contributed by atoms with E-state index >= 15 is 0 Å². The van der Waals surface area contributed by atoms with Crippen molar-refractivity contribution in [1.29, 1.82) is 0 Å². The van der Waals surface area contributed by atoms with Gasteiger partial charge in [-0.05, 0) is 76.6 Å². The first-order chi connectivity index (χ1) is 32.3. The van der Waals surface area contributed by atoms with Gasteiger partial charge in [-0.2, -0.15) is 30.6 Å². The summed E-state index contributed by atoms with van der Waals surface area (Å²) in [6.45, 7) is 1.08. The van der Waals surface area contributed by atoms with Crippen LogP contribution in [0.2, 0.25) is 0 Å². The third-order valence-corrected chi connectivity index (χ3v) is 12.1. The minimum Gasteiger partial charge on any atom is -0.741 e. The second-order valence-electron chi connectivity index (χ2n) is 15.5. The first-order valence-corrected chi connectivity index (χ1v) is 23.7. The summed E-state index contributed by atoms with van der Waals surface area (Å²) in [5.74, 6) is 0. The van der Waals surface area contributed by atoms with E-state index in [1.54, 1.807) is 0 Å². The van der Waals surface area contributed by atoms with E-state index in [1.807, 2.05) is 42.7 Å². The van der Waals surface area contributed by atoms with E-state index in [9.17, 15) is 26.3 Å². The minimum absolute atomic E-state index is 0.989. The maximum atomic E-state index is 10.7. The molecule has 0 N–H and O–H groups in total. The lowest BCUT2D eigenvalue weighted by Gasteiger charge is -2.12. The van der Waals surface area contributed by atoms with Gasteiger partial charge in [-0.15, -0.1) is 0 Å². The number of halogens is 6. The molecule has 0 atom stereocenters. The fourth-order valence-electron chi connectivity index (χ4n) is 7.76. The van der Waals surface area contributed by atoms with Gasteiger partial charge in [0.25, 0.3) is 0 Å². The molecule has 0 amide bonds. The van der Waals surface area contributed by atoms with Crippen molar-refractivity contribution in [3.63, 3.8) is 0 Å². The van der Waals surface area contributed by atoms with E-state index in [2.05, 4.69) is 147 Å². The highest BCUT2D eigenvalue weighted by Crippen LogP contribution is 2.26. The molecule has 0 aliphatic carbocycles. The van der Waals surface area contributed by atoms with Crippen molar-refractivity contribution in [1.82, 2.24) is 9.97 Å². The second-order valence-corrected chi connectivity index (χ2v) is 18.3. The summed E-state index contributed by atoms with van der Waals surface area (Å²) in [4.78, 5) is 9.03. The number of hydrogen-bond acceptors (Lipinski definition) is 8. The van der Waals surface area contributed by atoms with E-state index in [1.165, 1.54) is 55.7 Å². The Morgan fingerprint density at radius 1 is 0.618 bits per heavy atom. The Morgan fingerprint density at radius 2 is 1.16 bits per heavy atom. The number of nitrogens with zero attached hydrogens (tertiary/aromatic N) is 4. The summed E-state index contributed by atoms with van der Waals surface area (Å²) < 4.78 is 123. The van der Waals surface area contributed by atoms with Crippen molar-refractivity contribution in [3.05, 3.63) is 183 Å². The van der Waals surface area contributed by atoms with Gasteiger partial charge in [0.1, 0.15) is 12.8 Å². The number of allylic oxidation sites excluding steroid dienone is 1. The van der Waals surface area contributed by atoms with E-state index in [0.717, 1.165) is 60.3 Å². The number of fused-ring (bicyclic) bond motifs is 5. The normalized spacial score (nSPS) is 14.6. The third kappa shape index (κ3) is 12.0. The van der Waals surface area contributed by atoms with E-state index in [-0.39, 0.29) is 0 Å². The Bertz CT molecular complexity index is 3360. The molecule has 3 aromatic carbocycles. The maximum absolute atomic E-state index is 10.7. The van der Waals surface area contributed by atoms with Gasteiger partial charge < -0.3 is 9.11 Å². The molecule has 6 aromatic rings. The van der Waals surface area contributed by atoms with Crippen LogP contribution in [0.5, 0.6) is 0 Å². The lowest BCUT2D eigenvalue weighted by Crippen LogP contribution is -2.27. The van der Waals surface area contributed by atoms with Crippen molar-refractivity contribution in [2.24, 2.45) is 0 Å². The minimum atomic E-state index is -6.09. The van der Waals surface area contributed by atoms with Crippen molar-refractivity contribution < 1.29 is 61.1 Å². The van der Waals surface area contributed by atoms with Crippen LogP contribution < -0.4 is 9.46 Å². The van der Waals surface area contributed by atoms with Crippen LogP contribution in [0.4, 0.5) is 26.3 Å². The number of hydrogen-bond donors (Lipinski definition) is 0. The van der Waals surface area contributed by atoms with Crippen molar-refractivity contribution in [2.75, 3.05) is 6.54 Å². The molecule has 0 bridgehead atoms. The van der Waals surface area contributed by atoms with Gasteiger partial charge in [-0.1, -0.05) is 91.0 Å². The standard InChI is InChI=1S/C48H40N4.2CHF3O3S/c1-4-27-49-43(11-1)38-21-16-35(17-22-38)14-15-37-26-32-52-31-8-10-42-40(25-20-36-18-23-39(24-19-36)44-12-2-5-28-50-44)34-41-9-7-30-51-29-6-3-13-45(51)47(41)48(42)46(52)33-37;2*2-1(3,4)8(5,6)7/h1-2,4-5,8,10-12,14-29,31-34H,3,6-7,9,13,30H2;2*(H,5,6,7)/q+2;;/p-2/b15-14+,25-20+;;. The summed E-state index contributed by atoms with van der Waals surface area (Å²) in [6.07, 6.45) is 29.7. The van der Waals surface area contributed by atoms with Gasteiger partial charge in [0, 0.05) is 61.0 Å². The van der Waals surface area contributed by atoms with E-state index in [0.29, 0.717) is 0 Å². The molecule has 10 nitrogen and oxygen atoms in total. The van der Waals surface area contributed by atoms with Crippen LogP contribution in [-0.2, 0) is 26.7 Å². The Morgan fingerprint density at radius 3 is 1.69 bits per heavy atom. The van der Waals surface area contributed by atoms with Crippen LogP contribution in [0.15, 0.2) is 128 Å². The molecule has 0 saturated heterocycles. The van der Waals surface area contributed by atoms with Crippen LogP contribution in [0.3, 0.4) is 0 Å². The zero-order valence-corrected chi connectivity index (χ0v) is 37.4. The van der Waals surface area contributed by atoms with Crippen LogP contribution in [0.25, 0.3) is 58.6 Å². The average molecular weight is 971 g/mol. The molecule has 350 valence electrons. The number of benzene rings is 3. The number of rotatable bonds is 6. The molecule has 0 radical (unpaired) electrons. The van der Waals surface area contributed by atoms with Gasteiger partial charge >= 0.3 is 11.0 Å². The summed E-state index contributed by atoms with van der Waals surface area (Å²) in [6, 6.07) is 36.5. The Labute approximate surface area is 387 Å². The summed E-state index contributed by atoms with van der Waals surface area (Å²) >= 11 is 0. The Hall–Kier alpha value is -6.86. The van der Waals surface area contributed by atoms with Crippen LogP contribution in [0, 0.1) is 16.8 Å². The van der Waals surface area contributed by atoms with E-state index < -0.39 is 31.3 Å². The quantitative estimate of drug-likeness (QED) is 0.0528. The highest BCUT2D eigenvalue weighted by molar-refractivity contribution is 7.86. The largest absolute Gasteiger partial charge is 0.741 e. The van der Waals surface area contributed by atoms with Gasteiger partial charge in [0.2, 0.25) is 5.35 Å². The van der Waals surface area contributed by atoms with Crippen molar-refractivity contribution in [3.8, 4) is 22.5 Å². The van der Waals surface area contributed by atoms with Crippen LogP contribution >= 0.6 is 0 Å². The topological polar surface area (TPSA) is 149 Å². The molecular weight excluding hydrogens is 931 g/mol. The molecule has 68 heavy (non-hydrogen) atoms. The second kappa shape index (κ2) is 20.6. The zero-order valence-electron chi connectivity index (χ0n) is 35.7. The Balaban J connectivity index is 0.000000368. The van der Waals surface area contributed by atoms with Gasteiger partial charge in [0.05, 0.1) is 21.8 Å². The molecule has 3 aliphatic heterocycles. The molecule has 3 aliphatic rings. The fourth-order valence-corrected chi connectivity index (χ4v) is 7.76. The van der Waals surface area contributed by atoms with Gasteiger partial charge in [0.15, 0.2) is 38.3 Å². The molecule has 18 heteroatoms. The number of alkyl halides is 6. The number of aromatic nitrogens is 3. The summed E-state index contributed by atoms with van der Waals surface area (Å²) in [5.41, 5.74) is 1.90. The monoisotopic (exact) mass is 970 g/mol. The third-order valence-electron chi connectivity index (χ3n) is 10.9. The Kier molecular flexibility index (Phi) is 14.8. The fraction of sp³-hybridized carbons (Fsp3) is 0.160. The molecule has 6 heterocycles. The zero-order chi connectivity index (χ0) is 48.7. The molecule has 0 fully saturated rings. The highest BCUT2D eigenvalue weighted by atomic mass is 32.2. The molecule has 0 saturated carbocycles. The van der Waals surface area contributed by atoms with Crippen molar-refractivity contribution in [2.45, 2.75) is 43.1 Å². The van der Waals surface area contributed by atoms with E-state index in [4.69, 9.17) is 25.9 Å². The van der Waals surface area contributed by atoms with Crippen molar-refractivity contribution >= 4 is 62.5 Å². The molecule has 0 spiro atoms. The lowest BCUT2D eigenvalue weighted by molar-refractivity contribution is -0.518. The SMILES string of the molecule is C1=Cc2c(/C=C/c3ccc(-c4ccccn4)cc3)cc3c(c2=c2cc(/C=C/c4ccc(-c5ccccn5)cc4)cc[n+]2=C1)=C1CCCC=[N+]1CCC3.O=S(=O)([O-])C(F)(F)F.O=S(=O)([O-])C(F)(F)F. The van der Waals surface area contributed by atoms with Gasteiger partial charge in [-0.3, -0.25) is 9.97 Å². The molecule has 9 rings (SSSR count). The molecular formula is C50H40F6N4O6S2. The smallest absolute Gasteiger partial charge is 0.485 e. The lowest BCUT2D eigenvalue weighted by atomic mass is 9.93. The molecule has 0 unspecified atom stereocenters. The first kappa shape index (κ1) is 49.1. The highest BCUT2D eigenvalue weighted by Gasteiger charge is 2.37. The van der Waals surface area contributed by atoms with Crippen LogP contribution in [-0.4, -0.2) is 64.3 Å².